The lowest BCUT2D eigenvalue weighted by atomic mass is 10.1. The van der Waals surface area contributed by atoms with Gasteiger partial charge in [0.2, 0.25) is 0 Å². The summed E-state index contributed by atoms with van der Waals surface area (Å²) < 4.78 is 1.72. The highest BCUT2D eigenvalue weighted by Crippen LogP contribution is 2.37. The number of aromatic nitrogens is 2. The molecule has 0 fully saturated rings. The highest BCUT2D eigenvalue weighted by Gasteiger charge is 2.22. The average Bonchev–Trinajstić information content (AvgIpc) is 2.76. The van der Waals surface area contributed by atoms with Crippen LogP contribution in [0.15, 0.2) is 46.3 Å². The minimum Gasteiger partial charge on any atom is -0.298 e. The van der Waals surface area contributed by atoms with Gasteiger partial charge in [-0.1, -0.05) is 18.2 Å². The Kier molecular flexibility index (Phi) is 2.96. The highest BCUT2D eigenvalue weighted by molar-refractivity contribution is 8.00. The molecule has 18 heavy (non-hydrogen) atoms. The quantitative estimate of drug-likeness (QED) is 0.829. The van der Waals surface area contributed by atoms with E-state index in [0.717, 1.165) is 18.5 Å². The van der Waals surface area contributed by atoms with E-state index in [4.69, 9.17) is 0 Å². The molecular weight excluding hydrogens is 244 g/mol. The molecule has 2 heterocycles. The molecule has 0 amide bonds. The van der Waals surface area contributed by atoms with Crippen molar-refractivity contribution in [2.75, 3.05) is 0 Å². The summed E-state index contributed by atoms with van der Waals surface area (Å²) in [6, 6.07) is 8.45. The Balaban J connectivity index is 1.80. The van der Waals surface area contributed by atoms with Gasteiger partial charge in [0.05, 0.1) is 0 Å². The summed E-state index contributed by atoms with van der Waals surface area (Å²) in [6.07, 6.45) is 4.54. The Morgan fingerprint density at radius 2 is 2.28 bits per heavy atom. The second-order valence-electron chi connectivity index (χ2n) is 4.62. The van der Waals surface area contributed by atoms with E-state index in [2.05, 4.69) is 29.2 Å². The van der Waals surface area contributed by atoms with Gasteiger partial charge in [-0.3, -0.25) is 4.57 Å². The first-order valence-corrected chi connectivity index (χ1v) is 6.88. The van der Waals surface area contributed by atoms with Crippen molar-refractivity contribution < 1.29 is 0 Å². The maximum Gasteiger partial charge on any atom is 0.347 e. The van der Waals surface area contributed by atoms with Gasteiger partial charge in [0.25, 0.3) is 0 Å². The Morgan fingerprint density at radius 3 is 3.11 bits per heavy atom. The first kappa shape index (κ1) is 11.5. The fraction of sp³-hybridized carbons (Fsp3) is 0.286. The first-order valence-electron chi connectivity index (χ1n) is 6.00. The van der Waals surface area contributed by atoms with E-state index in [1.165, 1.54) is 10.5 Å². The van der Waals surface area contributed by atoms with Crippen LogP contribution in [-0.4, -0.2) is 14.8 Å². The number of benzene rings is 1. The Hall–Kier alpha value is -1.55. The molecule has 0 saturated heterocycles. The molecule has 1 aromatic carbocycles. The normalized spacial score (nSPS) is 17.7. The van der Waals surface area contributed by atoms with Crippen LogP contribution in [0, 0.1) is 6.92 Å². The van der Waals surface area contributed by atoms with Crippen molar-refractivity contribution in [3.63, 3.8) is 0 Å². The van der Waals surface area contributed by atoms with Crippen molar-refractivity contribution in [2.24, 2.45) is 0 Å². The van der Waals surface area contributed by atoms with E-state index < -0.39 is 0 Å². The van der Waals surface area contributed by atoms with Crippen LogP contribution in [0.3, 0.4) is 0 Å². The van der Waals surface area contributed by atoms with E-state index in [0.29, 0.717) is 5.25 Å². The van der Waals surface area contributed by atoms with Gasteiger partial charge in [-0.15, -0.1) is 11.8 Å². The van der Waals surface area contributed by atoms with Crippen molar-refractivity contribution in [1.82, 2.24) is 9.55 Å². The maximum absolute atomic E-state index is 11.7. The molecule has 0 saturated carbocycles. The summed E-state index contributed by atoms with van der Waals surface area (Å²) in [7, 11) is 0. The number of hydrogen-bond donors (Lipinski definition) is 0. The molecule has 3 nitrogen and oxygen atoms in total. The fourth-order valence-electron chi connectivity index (χ4n) is 2.27. The largest absolute Gasteiger partial charge is 0.347 e. The first-order chi connectivity index (χ1) is 8.72. The third-order valence-corrected chi connectivity index (χ3v) is 4.40. The molecular formula is C14H14N2OS. The molecule has 1 unspecified atom stereocenters. The number of thioether (sulfide) groups is 1. The predicted octanol–water partition coefficient (Wildman–Crippen LogP) is 2.27. The van der Waals surface area contributed by atoms with Crippen molar-refractivity contribution in [3.8, 4) is 0 Å². The van der Waals surface area contributed by atoms with E-state index in [1.807, 2.05) is 24.9 Å². The van der Waals surface area contributed by atoms with Gasteiger partial charge >= 0.3 is 5.69 Å². The molecule has 1 aliphatic rings. The van der Waals surface area contributed by atoms with Crippen molar-refractivity contribution in [3.05, 3.63) is 58.3 Å². The van der Waals surface area contributed by atoms with Crippen LogP contribution in [0.2, 0.25) is 0 Å². The number of fused-ring (bicyclic) bond motifs is 1. The zero-order valence-electron chi connectivity index (χ0n) is 10.2. The maximum atomic E-state index is 11.7. The third-order valence-electron chi connectivity index (χ3n) is 3.10. The third kappa shape index (κ3) is 2.20. The molecule has 0 bridgehead atoms. The monoisotopic (exact) mass is 258 g/mol. The fourth-order valence-corrected chi connectivity index (χ4v) is 3.59. The Bertz CT molecular complexity index is 611. The van der Waals surface area contributed by atoms with Crippen molar-refractivity contribution >= 4 is 11.8 Å². The van der Waals surface area contributed by atoms with Crippen LogP contribution in [-0.2, 0) is 13.0 Å². The number of rotatable bonds is 2. The van der Waals surface area contributed by atoms with Crippen LogP contribution < -0.4 is 5.69 Å². The van der Waals surface area contributed by atoms with Crippen LogP contribution in [0.4, 0.5) is 0 Å². The molecule has 1 aliphatic heterocycles. The molecule has 3 rings (SSSR count). The summed E-state index contributed by atoms with van der Waals surface area (Å²) in [5, 5.41) is 0.434. The minimum absolute atomic E-state index is 0.155. The van der Waals surface area contributed by atoms with E-state index in [9.17, 15) is 4.79 Å². The van der Waals surface area contributed by atoms with Gasteiger partial charge in [-0.25, -0.2) is 9.78 Å². The molecule has 0 N–H and O–H groups in total. The number of hydrogen-bond acceptors (Lipinski definition) is 3. The lowest BCUT2D eigenvalue weighted by molar-refractivity contribution is 0.622. The summed E-state index contributed by atoms with van der Waals surface area (Å²) in [5.41, 5.74) is 2.26. The van der Waals surface area contributed by atoms with Gasteiger partial charge < -0.3 is 0 Å². The lowest BCUT2D eigenvalue weighted by Crippen LogP contribution is -2.26. The summed E-state index contributed by atoms with van der Waals surface area (Å²) in [5.74, 6) is 0. The second kappa shape index (κ2) is 4.61. The minimum atomic E-state index is -0.155. The molecule has 4 heteroatoms. The second-order valence-corrected chi connectivity index (χ2v) is 5.96. The SMILES string of the molecule is Cc1cnc(=O)n(CC2Cc3ccccc3S2)c1. The summed E-state index contributed by atoms with van der Waals surface area (Å²) in [4.78, 5) is 16.9. The van der Waals surface area contributed by atoms with Crippen LogP contribution in [0.1, 0.15) is 11.1 Å². The van der Waals surface area contributed by atoms with Crippen molar-refractivity contribution in [2.45, 2.75) is 30.0 Å². The van der Waals surface area contributed by atoms with E-state index in [1.54, 1.807) is 10.8 Å². The molecule has 0 aliphatic carbocycles. The van der Waals surface area contributed by atoms with Crippen LogP contribution >= 0.6 is 11.8 Å². The smallest absolute Gasteiger partial charge is 0.298 e. The van der Waals surface area contributed by atoms with Gasteiger partial charge in [0.1, 0.15) is 0 Å². The standard InChI is InChI=1S/C14H14N2OS/c1-10-7-15-14(17)16(8-10)9-12-6-11-4-2-3-5-13(11)18-12/h2-5,7-8,12H,6,9H2,1H3. The number of aryl methyl sites for hydroxylation is 1. The topological polar surface area (TPSA) is 34.9 Å². The Labute approximate surface area is 110 Å². The lowest BCUT2D eigenvalue weighted by Gasteiger charge is -2.10. The van der Waals surface area contributed by atoms with E-state index in [-0.39, 0.29) is 5.69 Å². The van der Waals surface area contributed by atoms with Crippen LogP contribution in [0.25, 0.3) is 0 Å². The molecule has 92 valence electrons. The molecule has 1 aromatic heterocycles. The van der Waals surface area contributed by atoms with Gasteiger partial charge in [0, 0.05) is 29.1 Å². The van der Waals surface area contributed by atoms with Gasteiger partial charge in [-0.2, -0.15) is 0 Å². The molecule has 1 atom stereocenters. The Morgan fingerprint density at radius 1 is 1.44 bits per heavy atom. The molecule has 0 spiro atoms. The zero-order valence-corrected chi connectivity index (χ0v) is 11.0. The average molecular weight is 258 g/mol. The highest BCUT2D eigenvalue weighted by atomic mass is 32.2. The summed E-state index contributed by atoms with van der Waals surface area (Å²) >= 11 is 1.86. The summed E-state index contributed by atoms with van der Waals surface area (Å²) in [6.45, 7) is 2.69. The molecule has 0 radical (unpaired) electrons. The number of nitrogens with zero attached hydrogens (tertiary/aromatic N) is 2. The van der Waals surface area contributed by atoms with Crippen LogP contribution in [0.5, 0.6) is 0 Å². The predicted molar refractivity (Wildman–Crippen MR) is 73.0 cm³/mol. The van der Waals surface area contributed by atoms with Crippen molar-refractivity contribution in [1.29, 1.82) is 0 Å². The molecule has 2 aromatic rings. The van der Waals surface area contributed by atoms with E-state index >= 15 is 0 Å². The zero-order chi connectivity index (χ0) is 12.5. The van der Waals surface area contributed by atoms with Gasteiger partial charge in [0.15, 0.2) is 0 Å². The van der Waals surface area contributed by atoms with Gasteiger partial charge in [-0.05, 0) is 30.5 Å².